The number of phenols is 1. The Kier molecular flexibility index (Phi) is 5.07. The summed E-state index contributed by atoms with van der Waals surface area (Å²) in [5, 5.41) is 12.5. The molecule has 0 fully saturated rings. The number of esters is 1. The second-order valence-corrected chi connectivity index (χ2v) is 5.44. The molecule has 0 bridgehead atoms. The van der Waals surface area contributed by atoms with E-state index in [0.717, 1.165) is 5.56 Å². The van der Waals surface area contributed by atoms with Crippen molar-refractivity contribution in [3.8, 4) is 17.0 Å². The highest BCUT2D eigenvalue weighted by atomic mass is 16.5. The zero-order valence-electron chi connectivity index (χ0n) is 14.1. The van der Waals surface area contributed by atoms with E-state index >= 15 is 0 Å². The maximum atomic E-state index is 12.4. The summed E-state index contributed by atoms with van der Waals surface area (Å²) < 4.78 is 4.77. The lowest BCUT2D eigenvalue weighted by Gasteiger charge is -2.10. The van der Waals surface area contributed by atoms with Crippen molar-refractivity contribution in [2.24, 2.45) is 0 Å². The molecule has 2 N–H and O–H groups in total. The third-order valence-electron chi connectivity index (χ3n) is 3.69. The SMILES string of the molecule is CCOC(=O)CNC(=O)c1c(O)ccc2nc(-c3ccccc3)cnc12. The van der Waals surface area contributed by atoms with Crippen LogP contribution in [-0.4, -0.2) is 40.1 Å². The molecular formula is C19H17N3O4. The number of amides is 1. The number of nitrogens with zero attached hydrogens (tertiary/aromatic N) is 2. The molecule has 7 nitrogen and oxygen atoms in total. The third-order valence-corrected chi connectivity index (χ3v) is 3.69. The predicted molar refractivity (Wildman–Crippen MR) is 95.6 cm³/mol. The third kappa shape index (κ3) is 3.61. The first kappa shape index (κ1) is 17.3. The zero-order valence-corrected chi connectivity index (χ0v) is 14.1. The van der Waals surface area contributed by atoms with Gasteiger partial charge in [0.05, 0.1) is 24.0 Å². The van der Waals surface area contributed by atoms with E-state index in [1.807, 2.05) is 30.3 Å². The number of carbonyl (C=O) groups is 2. The molecule has 0 aliphatic carbocycles. The van der Waals surface area contributed by atoms with Crippen LogP contribution in [0.3, 0.4) is 0 Å². The first-order chi connectivity index (χ1) is 12.6. The van der Waals surface area contributed by atoms with E-state index in [1.54, 1.807) is 19.2 Å². The number of fused-ring (bicyclic) bond motifs is 1. The highest BCUT2D eigenvalue weighted by molar-refractivity contribution is 6.08. The Morgan fingerprint density at radius 3 is 2.65 bits per heavy atom. The fourth-order valence-corrected chi connectivity index (χ4v) is 2.50. The molecule has 0 aliphatic rings. The molecule has 7 heteroatoms. The molecule has 0 spiro atoms. The molecule has 0 saturated carbocycles. The molecule has 0 atom stereocenters. The van der Waals surface area contributed by atoms with Gasteiger partial charge in [-0.3, -0.25) is 14.6 Å². The van der Waals surface area contributed by atoms with Crippen LogP contribution in [0.15, 0.2) is 48.7 Å². The highest BCUT2D eigenvalue weighted by Crippen LogP contribution is 2.26. The number of carbonyl (C=O) groups excluding carboxylic acids is 2. The van der Waals surface area contributed by atoms with Crippen LogP contribution in [0.2, 0.25) is 0 Å². The van der Waals surface area contributed by atoms with E-state index in [9.17, 15) is 14.7 Å². The lowest BCUT2D eigenvalue weighted by molar-refractivity contribution is -0.141. The molecule has 132 valence electrons. The molecule has 1 heterocycles. The Hall–Kier alpha value is -3.48. The molecule has 1 amide bonds. The summed E-state index contributed by atoms with van der Waals surface area (Å²) in [5.41, 5.74) is 2.24. The summed E-state index contributed by atoms with van der Waals surface area (Å²) in [6, 6.07) is 12.5. The van der Waals surface area contributed by atoms with Gasteiger partial charge in [0.15, 0.2) is 0 Å². The van der Waals surface area contributed by atoms with Gasteiger partial charge in [0, 0.05) is 5.56 Å². The van der Waals surface area contributed by atoms with Crippen LogP contribution in [-0.2, 0) is 9.53 Å². The summed E-state index contributed by atoms with van der Waals surface area (Å²) >= 11 is 0. The average molecular weight is 351 g/mol. The van der Waals surface area contributed by atoms with Gasteiger partial charge in [-0.2, -0.15) is 0 Å². The number of ether oxygens (including phenoxy) is 1. The van der Waals surface area contributed by atoms with Crippen LogP contribution in [0, 0.1) is 0 Å². The Morgan fingerprint density at radius 1 is 1.15 bits per heavy atom. The van der Waals surface area contributed by atoms with Crippen molar-refractivity contribution in [3.63, 3.8) is 0 Å². The van der Waals surface area contributed by atoms with Gasteiger partial charge >= 0.3 is 5.97 Å². The summed E-state index contributed by atoms with van der Waals surface area (Å²) in [5.74, 6) is -1.42. The molecule has 0 aliphatic heterocycles. The van der Waals surface area contributed by atoms with Crippen molar-refractivity contribution in [3.05, 3.63) is 54.2 Å². The normalized spacial score (nSPS) is 10.5. The van der Waals surface area contributed by atoms with Crippen LogP contribution < -0.4 is 5.32 Å². The number of phenolic OH excluding ortho intramolecular Hbond substituents is 1. The van der Waals surface area contributed by atoms with Gasteiger partial charge in [-0.05, 0) is 19.1 Å². The minimum absolute atomic E-state index is 0.0288. The number of benzene rings is 2. The monoisotopic (exact) mass is 351 g/mol. The van der Waals surface area contributed by atoms with E-state index in [1.165, 1.54) is 6.07 Å². The van der Waals surface area contributed by atoms with E-state index in [-0.39, 0.29) is 30.0 Å². The Morgan fingerprint density at radius 2 is 1.92 bits per heavy atom. The van der Waals surface area contributed by atoms with Gasteiger partial charge in [0.1, 0.15) is 23.4 Å². The largest absolute Gasteiger partial charge is 0.507 e. The van der Waals surface area contributed by atoms with Crippen molar-refractivity contribution < 1.29 is 19.4 Å². The van der Waals surface area contributed by atoms with Crippen molar-refractivity contribution >= 4 is 22.9 Å². The lowest BCUT2D eigenvalue weighted by Crippen LogP contribution is -2.31. The minimum Gasteiger partial charge on any atom is -0.507 e. The average Bonchev–Trinajstić information content (AvgIpc) is 2.66. The van der Waals surface area contributed by atoms with Crippen LogP contribution in [0.1, 0.15) is 17.3 Å². The second-order valence-electron chi connectivity index (χ2n) is 5.44. The summed E-state index contributed by atoms with van der Waals surface area (Å²) in [4.78, 5) is 32.6. The first-order valence-electron chi connectivity index (χ1n) is 8.08. The fraction of sp³-hybridized carbons (Fsp3) is 0.158. The maximum absolute atomic E-state index is 12.4. The van der Waals surface area contributed by atoms with Crippen molar-refractivity contribution in [1.29, 1.82) is 0 Å². The molecule has 1 aromatic heterocycles. The summed E-state index contributed by atoms with van der Waals surface area (Å²) in [7, 11) is 0. The van der Waals surface area contributed by atoms with Crippen LogP contribution in [0.25, 0.3) is 22.3 Å². The molecule has 0 unspecified atom stereocenters. The summed E-state index contributed by atoms with van der Waals surface area (Å²) in [6.07, 6.45) is 1.54. The number of aromatic hydroxyl groups is 1. The predicted octanol–water partition coefficient (Wildman–Crippen LogP) is 2.30. The van der Waals surface area contributed by atoms with Crippen LogP contribution in [0.4, 0.5) is 0 Å². The van der Waals surface area contributed by atoms with Gasteiger partial charge < -0.3 is 15.2 Å². The summed E-state index contributed by atoms with van der Waals surface area (Å²) in [6.45, 7) is 1.61. The highest BCUT2D eigenvalue weighted by Gasteiger charge is 2.18. The number of hydrogen-bond donors (Lipinski definition) is 2. The Balaban J connectivity index is 1.94. The number of nitrogens with one attached hydrogen (secondary N) is 1. The van der Waals surface area contributed by atoms with Gasteiger partial charge in [-0.15, -0.1) is 0 Å². The smallest absolute Gasteiger partial charge is 0.325 e. The van der Waals surface area contributed by atoms with E-state index in [2.05, 4.69) is 15.3 Å². The van der Waals surface area contributed by atoms with Gasteiger partial charge in [-0.25, -0.2) is 4.98 Å². The Bertz CT molecular complexity index is 958. The molecule has 0 radical (unpaired) electrons. The molecule has 3 rings (SSSR count). The van der Waals surface area contributed by atoms with Crippen molar-refractivity contribution in [2.45, 2.75) is 6.92 Å². The number of rotatable bonds is 5. The number of aromatic nitrogens is 2. The topological polar surface area (TPSA) is 101 Å². The zero-order chi connectivity index (χ0) is 18.5. The quantitative estimate of drug-likeness (QED) is 0.684. The number of hydrogen-bond acceptors (Lipinski definition) is 6. The maximum Gasteiger partial charge on any atom is 0.325 e. The second kappa shape index (κ2) is 7.60. The van der Waals surface area contributed by atoms with Crippen LogP contribution in [0.5, 0.6) is 5.75 Å². The minimum atomic E-state index is -0.622. The van der Waals surface area contributed by atoms with Crippen molar-refractivity contribution in [2.75, 3.05) is 13.2 Å². The first-order valence-corrected chi connectivity index (χ1v) is 8.08. The van der Waals surface area contributed by atoms with Crippen LogP contribution >= 0.6 is 0 Å². The van der Waals surface area contributed by atoms with E-state index in [4.69, 9.17) is 4.74 Å². The van der Waals surface area contributed by atoms with Crippen molar-refractivity contribution in [1.82, 2.24) is 15.3 Å². The van der Waals surface area contributed by atoms with E-state index < -0.39 is 11.9 Å². The fourth-order valence-electron chi connectivity index (χ4n) is 2.50. The molecule has 3 aromatic rings. The molecule has 2 aromatic carbocycles. The van der Waals surface area contributed by atoms with Gasteiger partial charge in [-0.1, -0.05) is 30.3 Å². The van der Waals surface area contributed by atoms with Gasteiger partial charge in [0.25, 0.3) is 5.91 Å². The molecule has 0 saturated heterocycles. The molecular weight excluding hydrogens is 334 g/mol. The Labute approximate surface area is 149 Å². The standard InChI is InChI=1S/C19H17N3O4/c1-2-26-16(24)11-21-19(25)17-15(23)9-8-13-18(17)20-10-14(22-13)12-6-4-3-5-7-12/h3-10,23H,2,11H2,1H3,(H,21,25). The van der Waals surface area contributed by atoms with E-state index in [0.29, 0.717) is 11.2 Å². The lowest BCUT2D eigenvalue weighted by atomic mass is 10.1. The molecule has 26 heavy (non-hydrogen) atoms. The van der Waals surface area contributed by atoms with Gasteiger partial charge in [0.2, 0.25) is 0 Å².